The minimum absolute atomic E-state index is 0.197. The molecule has 1 heterocycles. The van der Waals surface area contributed by atoms with Gasteiger partial charge in [0, 0.05) is 32.7 Å². The number of allylic oxidation sites excluding steroid dienone is 8. The fourth-order valence-corrected chi connectivity index (χ4v) is 7.13. The van der Waals surface area contributed by atoms with Gasteiger partial charge in [0.15, 0.2) is 5.79 Å². The van der Waals surface area contributed by atoms with Gasteiger partial charge in [-0.1, -0.05) is 140 Å². The highest BCUT2D eigenvalue weighted by Gasteiger charge is 2.51. The molecule has 4 heteroatoms. The molecule has 1 aliphatic carbocycles. The number of fused-ring (bicyclic) bond motifs is 1. The molecule has 0 amide bonds. The summed E-state index contributed by atoms with van der Waals surface area (Å²) in [7, 11) is 1.84. The van der Waals surface area contributed by atoms with Crippen molar-refractivity contribution < 1.29 is 14.3 Å². The summed E-state index contributed by atoms with van der Waals surface area (Å²) in [5.41, 5.74) is 2.87. The molecule has 1 N–H and O–H groups in total. The lowest BCUT2D eigenvalue weighted by atomic mass is 9.98. The molecule has 0 radical (unpaired) electrons. The lowest BCUT2D eigenvalue weighted by Crippen LogP contribution is -2.33. The minimum Gasteiger partial charge on any atom is -0.344 e. The van der Waals surface area contributed by atoms with E-state index in [1.807, 2.05) is 7.05 Å². The molecule has 2 aliphatic rings. The second-order valence-corrected chi connectivity index (χ2v) is 14.3. The first-order valence-electron chi connectivity index (χ1n) is 20.5. The van der Waals surface area contributed by atoms with E-state index >= 15 is 0 Å². The van der Waals surface area contributed by atoms with Crippen molar-refractivity contribution in [1.29, 1.82) is 0 Å². The van der Waals surface area contributed by atoms with Crippen LogP contribution in [0.25, 0.3) is 0 Å². The topological polar surface area (TPSA) is 39.7 Å². The van der Waals surface area contributed by atoms with Crippen LogP contribution in [0.1, 0.15) is 194 Å². The SMILES string of the molecule is CCCCC/C=C\C/C=C\CCCCCCCCC1(CCCCCCCC/C=C\C/C=C\CCCCC)O[C@H]2C[C@H](ONC)C[C@H]2O1. The molecule has 2 fully saturated rings. The van der Waals surface area contributed by atoms with E-state index in [-0.39, 0.29) is 24.1 Å². The fraction of sp³-hybridized carbons (Fsp3) is 0.814. The van der Waals surface area contributed by atoms with E-state index in [9.17, 15) is 0 Å². The molecule has 0 unspecified atom stereocenters. The molecular weight excluding hydrogens is 578 g/mol. The van der Waals surface area contributed by atoms with E-state index in [1.54, 1.807) is 0 Å². The summed E-state index contributed by atoms with van der Waals surface area (Å²) in [4.78, 5) is 5.67. The van der Waals surface area contributed by atoms with Crippen molar-refractivity contribution in [2.24, 2.45) is 0 Å². The zero-order chi connectivity index (χ0) is 33.5. The monoisotopic (exact) mass is 656 g/mol. The predicted molar refractivity (Wildman–Crippen MR) is 204 cm³/mol. The van der Waals surface area contributed by atoms with E-state index in [2.05, 4.69) is 67.9 Å². The number of rotatable bonds is 32. The molecule has 2 rings (SSSR count). The number of nitrogens with one attached hydrogen (secondary N) is 1. The quantitative estimate of drug-likeness (QED) is 0.0445. The van der Waals surface area contributed by atoms with Crippen LogP contribution in [-0.2, 0) is 14.3 Å². The van der Waals surface area contributed by atoms with E-state index < -0.39 is 0 Å². The second-order valence-electron chi connectivity index (χ2n) is 14.3. The fourth-order valence-electron chi connectivity index (χ4n) is 7.13. The van der Waals surface area contributed by atoms with Crippen LogP contribution < -0.4 is 5.48 Å². The Morgan fingerprint density at radius 1 is 0.511 bits per heavy atom. The van der Waals surface area contributed by atoms with Crippen molar-refractivity contribution in [3.8, 4) is 0 Å². The van der Waals surface area contributed by atoms with Crippen LogP contribution in [0, 0.1) is 0 Å². The Kier molecular flexibility index (Phi) is 26.5. The highest BCUT2D eigenvalue weighted by Crippen LogP contribution is 2.44. The van der Waals surface area contributed by atoms with Gasteiger partial charge in [0.25, 0.3) is 0 Å². The largest absolute Gasteiger partial charge is 0.344 e. The summed E-state index contributed by atoms with van der Waals surface area (Å²) in [5.74, 6) is -0.357. The third kappa shape index (κ3) is 21.5. The Morgan fingerprint density at radius 2 is 0.872 bits per heavy atom. The molecule has 3 atom stereocenters. The van der Waals surface area contributed by atoms with Gasteiger partial charge in [0.1, 0.15) is 0 Å². The van der Waals surface area contributed by atoms with Crippen LogP contribution in [0.4, 0.5) is 0 Å². The lowest BCUT2D eigenvalue weighted by Gasteiger charge is -2.30. The molecule has 0 spiro atoms. The lowest BCUT2D eigenvalue weighted by molar-refractivity contribution is -0.198. The maximum Gasteiger partial charge on any atom is 0.169 e. The van der Waals surface area contributed by atoms with Gasteiger partial charge >= 0.3 is 0 Å². The first kappa shape index (κ1) is 42.0. The van der Waals surface area contributed by atoms with Gasteiger partial charge in [-0.2, -0.15) is 0 Å². The van der Waals surface area contributed by atoms with E-state index in [4.69, 9.17) is 14.3 Å². The Hall–Kier alpha value is -1.20. The van der Waals surface area contributed by atoms with Crippen molar-refractivity contribution in [3.63, 3.8) is 0 Å². The van der Waals surface area contributed by atoms with E-state index in [0.717, 1.165) is 38.5 Å². The van der Waals surface area contributed by atoms with Crippen LogP contribution in [0.5, 0.6) is 0 Å². The van der Waals surface area contributed by atoms with Gasteiger partial charge in [-0.3, -0.25) is 4.84 Å². The molecule has 1 saturated carbocycles. The average molecular weight is 656 g/mol. The van der Waals surface area contributed by atoms with Crippen molar-refractivity contribution in [1.82, 2.24) is 5.48 Å². The standard InChI is InChI=1S/C43H77NO3/c1-4-6-8-10-12-14-16-18-20-22-24-26-28-30-32-34-36-43(45-41-38-40(47-44-3)39-42(41)46-43)37-35-33-31-29-27-25-23-21-19-17-15-13-11-9-7-5-2/h12-15,18-21,40-42,44H,4-11,16-17,22-39H2,1-3H3/b14-12-,15-13-,20-18-,21-19-/t40-,41-,42+. The van der Waals surface area contributed by atoms with Gasteiger partial charge < -0.3 is 9.47 Å². The summed E-state index contributed by atoms with van der Waals surface area (Å²) < 4.78 is 13.5. The summed E-state index contributed by atoms with van der Waals surface area (Å²) >= 11 is 0. The molecular formula is C43H77NO3. The van der Waals surface area contributed by atoms with Crippen molar-refractivity contribution in [2.45, 2.75) is 218 Å². The summed E-state index contributed by atoms with van der Waals surface area (Å²) in [6, 6.07) is 0. The van der Waals surface area contributed by atoms with Crippen LogP contribution in [-0.4, -0.2) is 31.1 Å². The van der Waals surface area contributed by atoms with Crippen LogP contribution in [0.3, 0.4) is 0 Å². The molecule has 4 nitrogen and oxygen atoms in total. The summed E-state index contributed by atoms with van der Waals surface area (Å²) in [5, 5.41) is 0. The number of unbranched alkanes of at least 4 members (excludes halogenated alkanes) is 18. The normalized spacial score (nSPS) is 21.0. The molecule has 1 saturated heterocycles. The molecule has 1 aliphatic heterocycles. The Balaban J connectivity index is 1.55. The Bertz CT molecular complexity index is 754. The molecule has 0 aromatic rings. The van der Waals surface area contributed by atoms with Gasteiger partial charge in [-0.05, 0) is 77.0 Å². The van der Waals surface area contributed by atoms with Gasteiger partial charge in [-0.25, -0.2) is 5.48 Å². The van der Waals surface area contributed by atoms with Crippen LogP contribution in [0.15, 0.2) is 48.6 Å². The van der Waals surface area contributed by atoms with Gasteiger partial charge in [0.2, 0.25) is 0 Å². The maximum atomic E-state index is 6.74. The van der Waals surface area contributed by atoms with Crippen molar-refractivity contribution in [3.05, 3.63) is 48.6 Å². The molecule has 272 valence electrons. The first-order chi connectivity index (χ1) is 23.2. The first-order valence-corrected chi connectivity index (χ1v) is 20.5. The molecule has 0 bridgehead atoms. The third-order valence-electron chi connectivity index (χ3n) is 9.94. The number of hydrogen-bond acceptors (Lipinski definition) is 4. The van der Waals surface area contributed by atoms with Crippen molar-refractivity contribution >= 4 is 0 Å². The number of ether oxygens (including phenoxy) is 2. The zero-order valence-electron chi connectivity index (χ0n) is 31.4. The minimum atomic E-state index is -0.357. The number of hydroxylamine groups is 1. The summed E-state index contributed by atoms with van der Waals surface area (Å²) in [6.07, 6.45) is 54.2. The third-order valence-corrected chi connectivity index (χ3v) is 9.94. The van der Waals surface area contributed by atoms with Gasteiger partial charge in [0.05, 0.1) is 18.3 Å². The van der Waals surface area contributed by atoms with Crippen LogP contribution in [0.2, 0.25) is 0 Å². The van der Waals surface area contributed by atoms with Crippen molar-refractivity contribution in [2.75, 3.05) is 7.05 Å². The number of hydrogen-bond donors (Lipinski definition) is 1. The highest BCUT2D eigenvalue weighted by molar-refractivity contribution is 4.95. The average Bonchev–Trinajstić information content (AvgIpc) is 3.60. The second kappa shape index (κ2) is 29.7. The summed E-state index contributed by atoms with van der Waals surface area (Å²) in [6.45, 7) is 4.53. The molecule has 0 aromatic carbocycles. The Labute approximate surface area is 292 Å². The molecule has 47 heavy (non-hydrogen) atoms. The van der Waals surface area contributed by atoms with Crippen LogP contribution >= 0.6 is 0 Å². The predicted octanol–water partition coefficient (Wildman–Crippen LogP) is 13.2. The van der Waals surface area contributed by atoms with Gasteiger partial charge in [-0.15, -0.1) is 0 Å². The molecule has 0 aromatic heterocycles. The van der Waals surface area contributed by atoms with E-state index in [0.29, 0.717) is 0 Å². The Morgan fingerprint density at radius 3 is 1.26 bits per heavy atom. The highest BCUT2D eigenvalue weighted by atomic mass is 16.8. The zero-order valence-corrected chi connectivity index (χ0v) is 31.4. The maximum absolute atomic E-state index is 6.74. The van der Waals surface area contributed by atoms with E-state index in [1.165, 1.54) is 141 Å². The smallest absolute Gasteiger partial charge is 0.169 e.